The van der Waals surface area contributed by atoms with Crippen molar-refractivity contribution >= 4 is 5.97 Å². The molecule has 3 atom stereocenters. The zero-order valence-corrected chi connectivity index (χ0v) is 22.3. The molecule has 0 aromatic carbocycles. The molecule has 1 saturated carbocycles. The first-order valence-corrected chi connectivity index (χ1v) is 13.2. The van der Waals surface area contributed by atoms with E-state index in [0.717, 1.165) is 66.2 Å². The molecule has 0 amide bonds. The van der Waals surface area contributed by atoms with E-state index in [0.29, 0.717) is 5.56 Å². The maximum atomic E-state index is 13.2. The van der Waals surface area contributed by atoms with E-state index < -0.39 is 29.7 Å². The Morgan fingerprint density at radius 1 is 1.16 bits per heavy atom. The molecule has 3 heterocycles. The average molecular weight is 517 g/mol. The lowest BCUT2D eigenvalue weighted by Crippen LogP contribution is -2.36. The zero-order chi connectivity index (χ0) is 26.9. The van der Waals surface area contributed by atoms with Crippen molar-refractivity contribution in [1.82, 2.24) is 9.97 Å². The van der Waals surface area contributed by atoms with E-state index in [2.05, 4.69) is 39.6 Å². The molecule has 1 fully saturated rings. The van der Waals surface area contributed by atoms with Crippen LogP contribution in [0.3, 0.4) is 0 Å². The minimum absolute atomic E-state index is 0.0300. The van der Waals surface area contributed by atoms with E-state index in [-0.39, 0.29) is 23.2 Å². The maximum Gasteiger partial charge on any atom is 0.433 e. The number of carbonyl (C=O) groups excluding carboxylic acids is 1. The van der Waals surface area contributed by atoms with Crippen molar-refractivity contribution in [2.75, 3.05) is 0 Å². The van der Waals surface area contributed by atoms with Crippen molar-refractivity contribution in [3.63, 3.8) is 0 Å². The van der Waals surface area contributed by atoms with Crippen molar-refractivity contribution in [3.8, 4) is 0 Å². The van der Waals surface area contributed by atoms with E-state index in [1.807, 2.05) is 0 Å². The molecular weight excluding hydrogens is 481 g/mol. The van der Waals surface area contributed by atoms with E-state index in [9.17, 15) is 18.0 Å². The summed E-state index contributed by atoms with van der Waals surface area (Å²) in [5.41, 5.74) is 3.69. The largest absolute Gasteiger partial charge is 0.455 e. The van der Waals surface area contributed by atoms with Gasteiger partial charge in [0.2, 0.25) is 0 Å². The fourth-order valence-corrected chi connectivity index (χ4v) is 6.92. The van der Waals surface area contributed by atoms with Crippen molar-refractivity contribution in [2.24, 2.45) is 5.41 Å². The highest BCUT2D eigenvalue weighted by atomic mass is 19.4. The Kier molecular flexibility index (Phi) is 6.21. The summed E-state index contributed by atoms with van der Waals surface area (Å²) in [6.07, 6.45) is 0.282. The Labute approximate surface area is 216 Å². The van der Waals surface area contributed by atoms with Crippen LogP contribution in [0.5, 0.6) is 0 Å². The number of pyridine rings is 2. The number of esters is 1. The van der Waals surface area contributed by atoms with Crippen LogP contribution in [-0.4, -0.2) is 15.9 Å². The van der Waals surface area contributed by atoms with Crippen LogP contribution in [-0.2, 0) is 26.0 Å². The van der Waals surface area contributed by atoms with E-state index >= 15 is 0 Å². The number of hydrogen-bond donors (Lipinski definition) is 0. The lowest BCUT2D eigenvalue weighted by atomic mass is 9.66. The van der Waals surface area contributed by atoms with Crippen molar-refractivity contribution in [3.05, 3.63) is 57.7 Å². The summed E-state index contributed by atoms with van der Waals surface area (Å²) in [4.78, 5) is 21.1. The molecule has 2 unspecified atom stereocenters. The molecular formula is C29H35F3N2O3. The normalized spacial score (nSPS) is 25.8. The number of halogens is 3. The molecule has 1 aliphatic heterocycles. The van der Waals surface area contributed by atoms with Gasteiger partial charge in [0.05, 0.1) is 11.3 Å². The first kappa shape index (κ1) is 26.1. The second-order valence-electron chi connectivity index (χ2n) is 12.0. The number of ether oxygens (including phenoxy) is 2. The van der Waals surface area contributed by atoms with Gasteiger partial charge in [-0.25, -0.2) is 0 Å². The summed E-state index contributed by atoms with van der Waals surface area (Å²) in [6.45, 7) is 12.0. The van der Waals surface area contributed by atoms with E-state index in [1.54, 1.807) is 0 Å². The first-order valence-electron chi connectivity index (χ1n) is 13.2. The number of rotatable bonds is 3. The van der Waals surface area contributed by atoms with Gasteiger partial charge in [-0.2, -0.15) is 13.2 Å². The van der Waals surface area contributed by atoms with Crippen molar-refractivity contribution in [2.45, 2.75) is 109 Å². The van der Waals surface area contributed by atoms with Gasteiger partial charge in [0.25, 0.3) is 0 Å². The van der Waals surface area contributed by atoms with Crippen LogP contribution in [0.15, 0.2) is 18.3 Å². The van der Waals surface area contributed by atoms with Crippen LogP contribution in [0, 0.1) is 5.41 Å². The van der Waals surface area contributed by atoms with E-state index in [1.165, 1.54) is 19.2 Å². The van der Waals surface area contributed by atoms with Crippen molar-refractivity contribution < 1.29 is 27.4 Å². The highest BCUT2D eigenvalue weighted by Crippen LogP contribution is 2.61. The minimum atomic E-state index is -4.50. The predicted octanol–water partition coefficient (Wildman–Crippen LogP) is 7.65. The summed E-state index contributed by atoms with van der Waals surface area (Å²) in [5.74, 6) is -0.153. The maximum absolute atomic E-state index is 13.2. The SMILES string of the molecule is CC(=O)OC1c2nc(C(C)C)c3c(c2C(C)CC1(C)C)C1(CCCC1)O[C@@H]3c1ccc(C(F)(F)F)nc1. The van der Waals surface area contributed by atoms with Gasteiger partial charge in [-0.15, -0.1) is 0 Å². The lowest BCUT2D eigenvalue weighted by molar-refractivity contribution is -0.155. The Morgan fingerprint density at radius 3 is 2.38 bits per heavy atom. The summed E-state index contributed by atoms with van der Waals surface area (Å²) < 4.78 is 52.5. The monoisotopic (exact) mass is 516 g/mol. The molecule has 8 heteroatoms. The second kappa shape index (κ2) is 8.79. The Hall–Kier alpha value is -2.48. The van der Waals surface area contributed by atoms with Gasteiger partial charge in [-0.05, 0) is 48.3 Å². The Balaban J connectivity index is 1.77. The predicted molar refractivity (Wildman–Crippen MR) is 132 cm³/mol. The third-order valence-electron chi connectivity index (χ3n) is 8.30. The number of hydrogen-bond acceptors (Lipinski definition) is 5. The topological polar surface area (TPSA) is 61.3 Å². The quantitative estimate of drug-likeness (QED) is 0.392. The van der Waals surface area contributed by atoms with Crippen molar-refractivity contribution in [1.29, 1.82) is 0 Å². The molecule has 0 bridgehead atoms. The third-order valence-corrected chi connectivity index (χ3v) is 8.30. The van der Waals surface area contributed by atoms with Crippen LogP contribution in [0.4, 0.5) is 13.2 Å². The number of aromatic nitrogens is 2. The smallest absolute Gasteiger partial charge is 0.433 e. The Bertz CT molecular complexity index is 1210. The van der Waals surface area contributed by atoms with Gasteiger partial charge in [0.15, 0.2) is 0 Å². The van der Waals surface area contributed by atoms with Crippen LogP contribution < -0.4 is 0 Å². The van der Waals surface area contributed by atoms with Gasteiger partial charge in [-0.1, -0.05) is 53.5 Å². The fraction of sp³-hybridized carbons (Fsp3) is 0.621. The van der Waals surface area contributed by atoms with Crippen LogP contribution >= 0.6 is 0 Å². The molecule has 1 spiro atoms. The molecule has 2 aromatic heterocycles. The van der Waals surface area contributed by atoms with Gasteiger partial charge in [0.1, 0.15) is 17.9 Å². The van der Waals surface area contributed by atoms with Crippen LogP contribution in [0.2, 0.25) is 0 Å². The van der Waals surface area contributed by atoms with Gasteiger partial charge in [0, 0.05) is 35.4 Å². The molecule has 0 radical (unpaired) electrons. The Morgan fingerprint density at radius 2 is 1.84 bits per heavy atom. The molecule has 200 valence electrons. The third kappa shape index (κ3) is 4.25. The second-order valence-corrected chi connectivity index (χ2v) is 12.0. The van der Waals surface area contributed by atoms with Gasteiger partial charge >= 0.3 is 12.1 Å². The van der Waals surface area contributed by atoms with Crippen LogP contribution in [0.25, 0.3) is 0 Å². The molecule has 2 aliphatic carbocycles. The minimum Gasteiger partial charge on any atom is -0.455 e. The number of fused-ring (bicyclic) bond motifs is 4. The van der Waals surface area contributed by atoms with Crippen LogP contribution in [0.1, 0.15) is 137 Å². The molecule has 0 saturated heterocycles. The summed E-state index contributed by atoms with van der Waals surface area (Å²) in [5, 5.41) is 0. The summed E-state index contributed by atoms with van der Waals surface area (Å²) in [7, 11) is 0. The molecule has 5 nitrogen and oxygen atoms in total. The van der Waals surface area contributed by atoms with E-state index in [4.69, 9.17) is 14.5 Å². The summed E-state index contributed by atoms with van der Waals surface area (Å²) >= 11 is 0. The lowest BCUT2D eigenvalue weighted by Gasteiger charge is -2.43. The molecule has 5 rings (SSSR count). The standard InChI is InChI=1S/C29H35F3N2O3/c1-15(2)23-21-22(20-16(3)13-27(5,6)26(24(20)34-23)36-17(4)35)28(11-7-8-12-28)37-25(21)18-9-10-19(33-14-18)29(30,31)32/h9-10,14-16,25-26H,7-8,11-13H2,1-6H3/t16?,25-,26?/m1/s1. The molecule has 37 heavy (non-hydrogen) atoms. The molecule has 2 aromatic rings. The number of nitrogens with zero attached hydrogens (tertiary/aromatic N) is 2. The molecule has 3 aliphatic rings. The first-order chi connectivity index (χ1) is 17.2. The number of alkyl halides is 3. The summed E-state index contributed by atoms with van der Waals surface area (Å²) in [6, 6.07) is 2.51. The molecule has 0 N–H and O–H groups in total. The zero-order valence-electron chi connectivity index (χ0n) is 22.3. The van der Waals surface area contributed by atoms with Gasteiger partial charge in [-0.3, -0.25) is 14.8 Å². The highest BCUT2D eigenvalue weighted by Gasteiger charge is 2.54. The highest BCUT2D eigenvalue weighted by molar-refractivity contribution is 5.67. The average Bonchev–Trinajstić information content (AvgIpc) is 3.40. The number of carbonyl (C=O) groups is 1. The van der Waals surface area contributed by atoms with Gasteiger partial charge < -0.3 is 9.47 Å². The fourth-order valence-electron chi connectivity index (χ4n) is 6.92.